The second-order valence-electron chi connectivity index (χ2n) is 2.74. The average Bonchev–Trinajstić information content (AvgIpc) is 2.25. The van der Waals surface area contributed by atoms with E-state index in [0.717, 1.165) is 0 Å². The Morgan fingerprint density at radius 2 is 2.20 bits per heavy atom. The van der Waals surface area contributed by atoms with Crippen LogP contribution in [0.25, 0.3) is 0 Å². The number of halogens is 2. The number of carbonyl (C=O) groups excluding carboxylic acids is 1. The molecule has 0 atom stereocenters. The van der Waals surface area contributed by atoms with E-state index in [2.05, 4.69) is 15.9 Å². The van der Waals surface area contributed by atoms with Crippen molar-refractivity contribution in [2.45, 2.75) is 0 Å². The summed E-state index contributed by atoms with van der Waals surface area (Å²) in [5.74, 6) is -0.472. The summed E-state index contributed by atoms with van der Waals surface area (Å²) in [4.78, 5) is 10.5. The lowest BCUT2D eigenvalue weighted by atomic mass is 10.2. The van der Waals surface area contributed by atoms with Crippen LogP contribution >= 0.6 is 15.9 Å². The van der Waals surface area contributed by atoms with Crippen LogP contribution in [0, 0.1) is 5.82 Å². The van der Waals surface area contributed by atoms with E-state index < -0.39 is 5.82 Å². The van der Waals surface area contributed by atoms with Crippen LogP contribution in [0.5, 0.6) is 5.75 Å². The van der Waals surface area contributed by atoms with E-state index in [0.29, 0.717) is 12.9 Å². The van der Waals surface area contributed by atoms with E-state index in [-0.39, 0.29) is 22.4 Å². The van der Waals surface area contributed by atoms with E-state index in [1.54, 1.807) is 0 Å². The van der Waals surface area contributed by atoms with Crippen molar-refractivity contribution in [3.63, 3.8) is 0 Å². The molecule has 0 spiro atoms. The first-order chi connectivity index (χ1) is 7.20. The van der Waals surface area contributed by atoms with Crippen molar-refractivity contribution in [3.8, 4) is 5.75 Å². The van der Waals surface area contributed by atoms with Gasteiger partial charge in [0.2, 0.25) is 0 Å². The number of hydrogen-bond donors (Lipinski definition) is 0. The van der Waals surface area contributed by atoms with Crippen LogP contribution in [0.15, 0.2) is 16.6 Å². The average molecular weight is 277 g/mol. The molecule has 1 aromatic rings. The van der Waals surface area contributed by atoms with Crippen molar-refractivity contribution in [1.29, 1.82) is 0 Å². The first kappa shape index (κ1) is 12.1. The van der Waals surface area contributed by atoms with Gasteiger partial charge in [-0.2, -0.15) is 0 Å². The van der Waals surface area contributed by atoms with Gasteiger partial charge >= 0.3 is 0 Å². The molecule has 0 saturated heterocycles. The van der Waals surface area contributed by atoms with Crippen molar-refractivity contribution in [2.75, 3.05) is 20.3 Å². The van der Waals surface area contributed by atoms with E-state index in [4.69, 9.17) is 9.47 Å². The summed E-state index contributed by atoms with van der Waals surface area (Å²) in [6, 6.07) is 2.90. The van der Waals surface area contributed by atoms with Gasteiger partial charge in [0.15, 0.2) is 17.9 Å². The van der Waals surface area contributed by atoms with Gasteiger partial charge in [-0.1, -0.05) is 0 Å². The van der Waals surface area contributed by atoms with Gasteiger partial charge in [-0.3, -0.25) is 4.79 Å². The van der Waals surface area contributed by atoms with Crippen molar-refractivity contribution in [2.24, 2.45) is 0 Å². The van der Waals surface area contributed by atoms with Crippen LogP contribution in [0.4, 0.5) is 4.39 Å². The SMILES string of the molecule is COCCOc1ccc(C=O)c(Br)c1F. The summed E-state index contributed by atoms with van der Waals surface area (Å²) in [7, 11) is 1.53. The Morgan fingerprint density at radius 1 is 1.47 bits per heavy atom. The molecule has 0 aliphatic carbocycles. The van der Waals surface area contributed by atoms with E-state index >= 15 is 0 Å². The third-order valence-corrected chi connectivity index (χ3v) is 2.55. The number of rotatable bonds is 5. The molecule has 0 heterocycles. The van der Waals surface area contributed by atoms with Gasteiger partial charge in [0.05, 0.1) is 11.1 Å². The Labute approximate surface area is 95.3 Å². The molecule has 15 heavy (non-hydrogen) atoms. The predicted octanol–water partition coefficient (Wildman–Crippen LogP) is 2.43. The summed E-state index contributed by atoms with van der Waals surface area (Å²) >= 11 is 2.98. The second kappa shape index (κ2) is 5.82. The molecule has 0 fully saturated rings. The summed E-state index contributed by atoms with van der Waals surface area (Å²) in [5, 5.41) is 0. The minimum absolute atomic E-state index is 0.101. The zero-order valence-corrected chi connectivity index (χ0v) is 9.71. The van der Waals surface area contributed by atoms with Crippen LogP contribution in [0.2, 0.25) is 0 Å². The predicted molar refractivity (Wildman–Crippen MR) is 56.9 cm³/mol. The highest BCUT2D eigenvalue weighted by atomic mass is 79.9. The number of benzene rings is 1. The molecule has 82 valence electrons. The fraction of sp³-hybridized carbons (Fsp3) is 0.300. The van der Waals surface area contributed by atoms with Gasteiger partial charge in [-0.05, 0) is 28.1 Å². The summed E-state index contributed by atoms with van der Waals surface area (Å²) in [5.41, 5.74) is 0.256. The Bertz CT molecular complexity index is 355. The highest BCUT2D eigenvalue weighted by Crippen LogP contribution is 2.27. The lowest BCUT2D eigenvalue weighted by Gasteiger charge is -2.08. The van der Waals surface area contributed by atoms with E-state index in [1.165, 1.54) is 19.2 Å². The molecule has 0 bridgehead atoms. The molecule has 0 unspecified atom stereocenters. The lowest BCUT2D eigenvalue weighted by Crippen LogP contribution is -2.06. The molecule has 0 aromatic heterocycles. The van der Waals surface area contributed by atoms with Crippen LogP contribution in [0.1, 0.15) is 10.4 Å². The van der Waals surface area contributed by atoms with E-state index in [9.17, 15) is 9.18 Å². The number of carbonyl (C=O) groups is 1. The maximum Gasteiger partial charge on any atom is 0.179 e. The van der Waals surface area contributed by atoms with Crippen molar-refractivity contribution < 1.29 is 18.7 Å². The number of methoxy groups -OCH3 is 1. The first-order valence-electron chi connectivity index (χ1n) is 4.25. The van der Waals surface area contributed by atoms with Gasteiger partial charge in [0.1, 0.15) is 6.61 Å². The fourth-order valence-corrected chi connectivity index (χ4v) is 1.41. The Kier molecular flexibility index (Phi) is 4.71. The number of ether oxygens (including phenoxy) is 2. The molecule has 0 N–H and O–H groups in total. The first-order valence-corrected chi connectivity index (χ1v) is 5.05. The zero-order chi connectivity index (χ0) is 11.3. The molecule has 0 radical (unpaired) electrons. The summed E-state index contributed by atoms with van der Waals surface area (Å²) < 4.78 is 23.5. The van der Waals surface area contributed by atoms with E-state index in [1.807, 2.05) is 0 Å². The molecule has 0 saturated carbocycles. The molecule has 0 aliphatic rings. The third kappa shape index (κ3) is 3.00. The normalized spacial score (nSPS) is 10.1. The highest BCUT2D eigenvalue weighted by molar-refractivity contribution is 9.10. The van der Waals surface area contributed by atoms with Crippen LogP contribution < -0.4 is 4.74 Å². The van der Waals surface area contributed by atoms with Gasteiger partial charge < -0.3 is 9.47 Å². The van der Waals surface area contributed by atoms with Gasteiger partial charge in [0.25, 0.3) is 0 Å². The molecule has 1 aromatic carbocycles. The minimum atomic E-state index is -0.573. The molecule has 3 nitrogen and oxygen atoms in total. The smallest absolute Gasteiger partial charge is 0.179 e. The standard InChI is InChI=1S/C10H10BrFO3/c1-14-4-5-15-8-3-2-7(6-13)9(11)10(8)12/h2-3,6H,4-5H2,1H3. The van der Waals surface area contributed by atoms with Crippen molar-refractivity contribution in [1.82, 2.24) is 0 Å². The highest BCUT2D eigenvalue weighted by Gasteiger charge is 2.11. The summed E-state index contributed by atoms with van der Waals surface area (Å²) in [6.45, 7) is 0.646. The third-order valence-electron chi connectivity index (χ3n) is 1.75. The number of hydrogen-bond acceptors (Lipinski definition) is 3. The second-order valence-corrected chi connectivity index (χ2v) is 3.53. The molecular weight excluding hydrogens is 267 g/mol. The maximum atomic E-state index is 13.5. The van der Waals surface area contributed by atoms with Crippen LogP contribution in [0.3, 0.4) is 0 Å². The number of aldehydes is 1. The topological polar surface area (TPSA) is 35.5 Å². The van der Waals surface area contributed by atoms with Crippen LogP contribution in [-0.2, 0) is 4.74 Å². The maximum absolute atomic E-state index is 13.5. The van der Waals surface area contributed by atoms with Gasteiger partial charge in [-0.15, -0.1) is 0 Å². The molecule has 1 rings (SSSR count). The Morgan fingerprint density at radius 3 is 2.80 bits per heavy atom. The van der Waals surface area contributed by atoms with Gasteiger partial charge in [-0.25, -0.2) is 4.39 Å². The summed E-state index contributed by atoms with van der Waals surface area (Å²) in [6.07, 6.45) is 0.575. The lowest BCUT2D eigenvalue weighted by molar-refractivity contribution is 0.112. The van der Waals surface area contributed by atoms with Crippen molar-refractivity contribution in [3.05, 3.63) is 28.0 Å². The zero-order valence-electron chi connectivity index (χ0n) is 8.13. The fourth-order valence-electron chi connectivity index (χ4n) is 0.984. The van der Waals surface area contributed by atoms with Crippen molar-refractivity contribution >= 4 is 22.2 Å². The van der Waals surface area contributed by atoms with Crippen LogP contribution in [-0.4, -0.2) is 26.6 Å². The Balaban J connectivity index is 2.82. The quantitative estimate of drug-likeness (QED) is 0.612. The molecule has 0 amide bonds. The van der Waals surface area contributed by atoms with Gasteiger partial charge in [0, 0.05) is 12.7 Å². The monoisotopic (exact) mass is 276 g/mol. The Hall–Kier alpha value is -0.940. The minimum Gasteiger partial charge on any atom is -0.488 e. The largest absolute Gasteiger partial charge is 0.488 e. The molecular formula is C10H10BrFO3. The molecule has 5 heteroatoms. The molecule has 0 aliphatic heterocycles.